The minimum atomic E-state index is -3.17. The topological polar surface area (TPSA) is 34.1 Å². The molecule has 0 aromatic heterocycles. The molecule has 1 aliphatic rings. The highest BCUT2D eigenvalue weighted by Gasteiger charge is 2.31. The third kappa shape index (κ3) is 1.20. The minimum absolute atomic E-state index is 0.483. The van der Waals surface area contributed by atoms with E-state index in [9.17, 15) is 8.42 Å². The summed E-state index contributed by atoms with van der Waals surface area (Å²) in [5.41, 5.74) is 1.81. The van der Waals surface area contributed by atoms with Crippen LogP contribution < -0.4 is 0 Å². The molecule has 0 spiro atoms. The highest BCUT2D eigenvalue weighted by Crippen LogP contribution is 2.35. The fourth-order valence-electron chi connectivity index (χ4n) is 1.76. The lowest BCUT2D eigenvalue weighted by atomic mass is 10.1. The normalized spacial score (nSPS) is 18.0. The molecular formula is C11H12O2S. The lowest BCUT2D eigenvalue weighted by Gasteiger charge is -1.99. The minimum Gasteiger partial charge on any atom is -0.219 e. The van der Waals surface area contributed by atoms with Gasteiger partial charge in [-0.1, -0.05) is 23.8 Å². The van der Waals surface area contributed by atoms with Crippen LogP contribution in [-0.4, -0.2) is 8.42 Å². The second-order valence-electron chi connectivity index (χ2n) is 3.71. The van der Waals surface area contributed by atoms with Gasteiger partial charge in [0, 0.05) is 6.42 Å². The molecular weight excluding hydrogens is 196 g/mol. The Balaban J connectivity index is 2.75. The average molecular weight is 208 g/mol. The van der Waals surface area contributed by atoms with E-state index in [1.807, 2.05) is 26.0 Å². The number of sulfone groups is 1. The zero-order valence-electron chi connectivity index (χ0n) is 8.24. The number of benzene rings is 1. The van der Waals surface area contributed by atoms with E-state index in [1.54, 1.807) is 12.1 Å². The van der Waals surface area contributed by atoms with Crippen molar-refractivity contribution in [1.82, 2.24) is 0 Å². The molecule has 1 aromatic carbocycles. The van der Waals surface area contributed by atoms with Gasteiger partial charge in [0.1, 0.15) is 0 Å². The second kappa shape index (κ2) is 2.95. The van der Waals surface area contributed by atoms with Gasteiger partial charge in [0.2, 0.25) is 9.84 Å². The van der Waals surface area contributed by atoms with Crippen molar-refractivity contribution < 1.29 is 8.42 Å². The molecule has 14 heavy (non-hydrogen) atoms. The van der Waals surface area contributed by atoms with E-state index in [0.717, 1.165) is 11.1 Å². The summed E-state index contributed by atoms with van der Waals surface area (Å²) >= 11 is 0. The molecule has 1 heterocycles. The summed E-state index contributed by atoms with van der Waals surface area (Å²) in [7, 11) is -3.17. The first-order valence-electron chi connectivity index (χ1n) is 4.53. The van der Waals surface area contributed by atoms with E-state index in [2.05, 4.69) is 0 Å². The van der Waals surface area contributed by atoms with Gasteiger partial charge in [-0.2, -0.15) is 0 Å². The first-order chi connectivity index (χ1) is 6.53. The van der Waals surface area contributed by atoms with Crippen LogP contribution in [0.15, 0.2) is 39.6 Å². The van der Waals surface area contributed by atoms with Crippen LogP contribution in [0.5, 0.6) is 0 Å². The van der Waals surface area contributed by atoms with Gasteiger partial charge >= 0.3 is 0 Å². The Labute approximate surface area is 84.2 Å². The summed E-state index contributed by atoms with van der Waals surface area (Å²) in [6.45, 7) is 3.69. The lowest BCUT2D eigenvalue weighted by molar-refractivity contribution is 0.603. The first-order valence-corrected chi connectivity index (χ1v) is 6.01. The molecule has 3 heteroatoms. The number of hydrogen-bond donors (Lipinski definition) is 0. The smallest absolute Gasteiger partial charge is 0.203 e. The third-order valence-corrected chi connectivity index (χ3v) is 4.67. The Kier molecular flexibility index (Phi) is 2.00. The Morgan fingerprint density at radius 3 is 2.43 bits per heavy atom. The fourth-order valence-corrected chi connectivity index (χ4v) is 3.65. The summed E-state index contributed by atoms with van der Waals surface area (Å²) in [5.74, 6) is 0. The molecule has 0 aliphatic carbocycles. The van der Waals surface area contributed by atoms with E-state index in [1.165, 1.54) is 0 Å². The van der Waals surface area contributed by atoms with Gasteiger partial charge < -0.3 is 0 Å². The first kappa shape index (κ1) is 9.46. The third-order valence-electron chi connectivity index (χ3n) is 2.50. The molecule has 0 atom stereocenters. The number of fused-ring (bicyclic) bond motifs is 1. The van der Waals surface area contributed by atoms with E-state index in [4.69, 9.17) is 0 Å². The van der Waals surface area contributed by atoms with Crippen LogP contribution in [-0.2, 0) is 16.3 Å². The molecule has 0 amide bonds. The van der Waals surface area contributed by atoms with Gasteiger partial charge in [-0.25, -0.2) is 8.42 Å². The lowest BCUT2D eigenvalue weighted by Crippen LogP contribution is -1.99. The van der Waals surface area contributed by atoms with Crippen LogP contribution >= 0.6 is 0 Å². The van der Waals surface area contributed by atoms with Gasteiger partial charge in [0.25, 0.3) is 0 Å². The number of hydrogen-bond acceptors (Lipinski definition) is 2. The zero-order chi connectivity index (χ0) is 10.3. The summed E-state index contributed by atoms with van der Waals surface area (Å²) in [4.78, 5) is 1.05. The van der Waals surface area contributed by atoms with Crippen molar-refractivity contribution in [3.63, 3.8) is 0 Å². The highest BCUT2D eigenvalue weighted by molar-refractivity contribution is 7.95. The highest BCUT2D eigenvalue weighted by atomic mass is 32.2. The maximum atomic E-state index is 12.0. The standard InChI is InChI=1S/C11H12O2S/c1-8(2)11-7-9-5-3-4-6-10(9)14(11,12)13/h3-6H,7H2,1-2H3. The van der Waals surface area contributed by atoms with Gasteiger partial charge in [0.05, 0.1) is 9.80 Å². The van der Waals surface area contributed by atoms with Crippen LogP contribution in [0.4, 0.5) is 0 Å². The van der Waals surface area contributed by atoms with Gasteiger partial charge in [-0.05, 0) is 25.5 Å². The van der Waals surface area contributed by atoms with Crippen molar-refractivity contribution in [2.24, 2.45) is 0 Å². The Morgan fingerprint density at radius 1 is 1.21 bits per heavy atom. The second-order valence-corrected chi connectivity index (χ2v) is 5.65. The summed E-state index contributed by atoms with van der Waals surface area (Å²) < 4.78 is 23.9. The molecule has 0 saturated carbocycles. The SMILES string of the molecule is CC(C)=C1Cc2ccccc2S1(=O)=O. The van der Waals surface area contributed by atoms with Crippen LogP contribution in [0.3, 0.4) is 0 Å². The molecule has 0 unspecified atom stereocenters. The largest absolute Gasteiger partial charge is 0.219 e. The average Bonchev–Trinajstić information content (AvgIpc) is 2.39. The number of allylic oxidation sites excluding steroid dienone is 2. The van der Waals surface area contributed by atoms with Gasteiger partial charge in [0.15, 0.2) is 0 Å². The Morgan fingerprint density at radius 2 is 1.86 bits per heavy atom. The van der Waals surface area contributed by atoms with E-state index < -0.39 is 9.84 Å². The molecule has 0 bridgehead atoms. The quantitative estimate of drug-likeness (QED) is 0.655. The van der Waals surface area contributed by atoms with Crippen LogP contribution in [0.2, 0.25) is 0 Å². The zero-order valence-corrected chi connectivity index (χ0v) is 9.06. The van der Waals surface area contributed by atoms with E-state index in [0.29, 0.717) is 16.2 Å². The van der Waals surface area contributed by atoms with Crippen molar-refractivity contribution in [2.45, 2.75) is 25.2 Å². The fraction of sp³-hybridized carbons (Fsp3) is 0.273. The molecule has 0 fully saturated rings. The summed E-state index contributed by atoms with van der Waals surface area (Å²) in [5, 5.41) is 0. The van der Waals surface area contributed by atoms with Crippen LogP contribution in [0.1, 0.15) is 19.4 Å². The van der Waals surface area contributed by atoms with E-state index >= 15 is 0 Å². The maximum Gasteiger partial charge on any atom is 0.203 e. The van der Waals surface area contributed by atoms with Crippen molar-refractivity contribution >= 4 is 9.84 Å². The molecule has 2 nitrogen and oxygen atoms in total. The molecule has 2 rings (SSSR count). The molecule has 0 radical (unpaired) electrons. The molecule has 1 aliphatic heterocycles. The molecule has 74 valence electrons. The summed E-state index contributed by atoms with van der Waals surface area (Å²) in [6, 6.07) is 7.20. The molecule has 1 aromatic rings. The monoisotopic (exact) mass is 208 g/mol. The van der Waals surface area contributed by atoms with Crippen molar-refractivity contribution in [1.29, 1.82) is 0 Å². The predicted molar refractivity (Wildman–Crippen MR) is 55.7 cm³/mol. The van der Waals surface area contributed by atoms with Crippen molar-refractivity contribution in [3.05, 3.63) is 40.3 Å². The van der Waals surface area contributed by atoms with Gasteiger partial charge in [-0.15, -0.1) is 0 Å². The van der Waals surface area contributed by atoms with E-state index in [-0.39, 0.29) is 0 Å². The van der Waals surface area contributed by atoms with Crippen LogP contribution in [0, 0.1) is 0 Å². The van der Waals surface area contributed by atoms with Crippen LogP contribution in [0.25, 0.3) is 0 Å². The Hall–Kier alpha value is -1.09. The van der Waals surface area contributed by atoms with Gasteiger partial charge in [-0.3, -0.25) is 0 Å². The summed E-state index contributed by atoms with van der Waals surface area (Å²) in [6.07, 6.45) is 0.556. The van der Waals surface area contributed by atoms with Crippen molar-refractivity contribution in [3.8, 4) is 0 Å². The predicted octanol–water partition coefficient (Wildman–Crippen LogP) is 2.31. The van der Waals surface area contributed by atoms with Crippen molar-refractivity contribution in [2.75, 3.05) is 0 Å². The molecule has 0 N–H and O–H groups in total. The number of rotatable bonds is 0. The molecule has 0 saturated heterocycles. The maximum absolute atomic E-state index is 12.0. The Bertz CT molecular complexity index is 506.